The molecular formula is C20H38O4. The van der Waals surface area contributed by atoms with Gasteiger partial charge in [0.1, 0.15) is 6.10 Å². The van der Waals surface area contributed by atoms with Crippen molar-refractivity contribution in [3.05, 3.63) is 0 Å². The molecule has 1 atom stereocenters. The molecule has 4 heteroatoms. The summed E-state index contributed by atoms with van der Waals surface area (Å²) in [5, 5.41) is 8.66. The van der Waals surface area contributed by atoms with Crippen LogP contribution in [0.5, 0.6) is 0 Å². The van der Waals surface area contributed by atoms with Crippen LogP contribution in [0.3, 0.4) is 0 Å². The predicted molar refractivity (Wildman–Crippen MR) is 98.1 cm³/mol. The molecular weight excluding hydrogens is 304 g/mol. The number of rotatable bonds is 17. The zero-order valence-corrected chi connectivity index (χ0v) is 15.9. The molecule has 0 aromatic heterocycles. The maximum Gasteiger partial charge on any atom is 0.306 e. The summed E-state index contributed by atoms with van der Waals surface area (Å²) >= 11 is 0. The number of ether oxygens (including phenoxy) is 1. The number of carboxylic acids is 1. The van der Waals surface area contributed by atoms with Gasteiger partial charge in [0.25, 0.3) is 0 Å². The van der Waals surface area contributed by atoms with Gasteiger partial charge in [-0.25, -0.2) is 0 Å². The van der Waals surface area contributed by atoms with Crippen molar-refractivity contribution >= 4 is 11.9 Å². The minimum Gasteiger partial charge on any atom is -0.481 e. The van der Waals surface area contributed by atoms with Gasteiger partial charge in [-0.05, 0) is 25.7 Å². The van der Waals surface area contributed by atoms with Crippen molar-refractivity contribution in [1.29, 1.82) is 0 Å². The molecule has 0 bridgehead atoms. The quantitative estimate of drug-likeness (QED) is 0.265. The van der Waals surface area contributed by atoms with Crippen molar-refractivity contribution < 1.29 is 19.4 Å². The number of unbranched alkanes of at least 4 members (excludes halogenated alkanes) is 9. The third kappa shape index (κ3) is 15.8. The number of carbonyl (C=O) groups is 2. The van der Waals surface area contributed by atoms with Gasteiger partial charge in [-0.3, -0.25) is 9.59 Å². The van der Waals surface area contributed by atoms with Crippen molar-refractivity contribution in [3.63, 3.8) is 0 Å². The van der Waals surface area contributed by atoms with Gasteiger partial charge in [0.15, 0.2) is 0 Å². The van der Waals surface area contributed by atoms with Crippen molar-refractivity contribution in [1.82, 2.24) is 0 Å². The minimum absolute atomic E-state index is 0.0157. The third-order valence-corrected chi connectivity index (χ3v) is 4.35. The average molecular weight is 343 g/mol. The summed E-state index contributed by atoms with van der Waals surface area (Å²) in [5.74, 6) is -1.30. The van der Waals surface area contributed by atoms with Crippen LogP contribution in [-0.2, 0) is 14.3 Å². The van der Waals surface area contributed by atoms with Crippen LogP contribution in [0.4, 0.5) is 0 Å². The second kappa shape index (κ2) is 16.8. The number of esters is 1. The molecule has 0 saturated carbocycles. The summed E-state index contributed by atoms with van der Waals surface area (Å²) in [6.07, 6.45) is 15.0. The topological polar surface area (TPSA) is 63.6 Å². The molecule has 0 radical (unpaired) electrons. The van der Waals surface area contributed by atoms with Crippen LogP contribution < -0.4 is 0 Å². The van der Waals surface area contributed by atoms with Gasteiger partial charge in [0.05, 0.1) is 12.8 Å². The molecule has 0 aromatic carbocycles. The molecule has 0 aromatic rings. The van der Waals surface area contributed by atoms with Gasteiger partial charge in [-0.2, -0.15) is 0 Å². The fourth-order valence-corrected chi connectivity index (χ4v) is 2.84. The molecule has 0 aliphatic carbocycles. The number of aliphatic carboxylic acids is 1. The van der Waals surface area contributed by atoms with Crippen molar-refractivity contribution in [2.24, 2.45) is 0 Å². The number of carboxylic acid groups (broad SMARTS) is 1. The van der Waals surface area contributed by atoms with E-state index in [-0.39, 0.29) is 24.9 Å². The largest absolute Gasteiger partial charge is 0.481 e. The number of carbonyl (C=O) groups excluding carboxylic acids is 1. The van der Waals surface area contributed by atoms with Gasteiger partial charge < -0.3 is 9.84 Å². The molecule has 0 aliphatic heterocycles. The highest BCUT2D eigenvalue weighted by atomic mass is 16.5. The van der Waals surface area contributed by atoms with E-state index in [4.69, 9.17) is 9.84 Å². The first-order valence-electron chi connectivity index (χ1n) is 10.0. The van der Waals surface area contributed by atoms with Crippen LogP contribution in [0.2, 0.25) is 0 Å². The van der Waals surface area contributed by atoms with Crippen LogP contribution >= 0.6 is 0 Å². The normalized spacial score (nSPS) is 12.1. The Labute approximate surface area is 148 Å². The first-order chi connectivity index (χ1) is 11.6. The highest BCUT2D eigenvalue weighted by Crippen LogP contribution is 2.17. The Kier molecular flexibility index (Phi) is 16.0. The van der Waals surface area contributed by atoms with E-state index >= 15 is 0 Å². The molecule has 24 heavy (non-hydrogen) atoms. The highest BCUT2D eigenvalue weighted by molar-refractivity contribution is 5.76. The molecule has 0 fully saturated rings. The molecule has 0 spiro atoms. The van der Waals surface area contributed by atoms with E-state index in [0.29, 0.717) is 0 Å². The Morgan fingerprint density at radius 1 is 0.750 bits per heavy atom. The number of hydrogen-bond acceptors (Lipinski definition) is 3. The van der Waals surface area contributed by atoms with Crippen molar-refractivity contribution in [2.75, 3.05) is 0 Å². The van der Waals surface area contributed by atoms with E-state index in [1.165, 1.54) is 57.8 Å². The van der Waals surface area contributed by atoms with Gasteiger partial charge in [-0.15, -0.1) is 0 Å². The zero-order valence-electron chi connectivity index (χ0n) is 15.9. The summed E-state index contributed by atoms with van der Waals surface area (Å²) < 4.78 is 5.53. The maximum atomic E-state index is 11.8. The monoisotopic (exact) mass is 342 g/mol. The summed E-state index contributed by atoms with van der Waals surface area (Å²) in [5.41, 5.74) is 0. The van der Waals surface area contributed by atoms with Crippen LogP contribution in [0, 0.1) is 0 Å². The zero-order chi connectivity index (χ0) is 18.0. The van der Waals surface area contributed by atoms with E-state index in [1.54, 1.807) is 0 Å². The molecule has 0 amide bonds. The van der Waals surface area contributed by atoms with Crippen molar-refractivity contribution in [3.8, 4) is 0 Å². The van der Waals surface area contributed by atoms with Crippen LogP contribution in [-0.4, -0.2) is 23.1 Å². The second-order valence-corrected chi connectivity index (χ2v) is 6.76. The molecule has 1 unspecified atom stereocenters. The fraction of sp³-hybridized carbons (Fsp3) is 0.900. The third-order valence-electron chi connectivity index (χ3n) is 4.35. The van der Waals surface area contributed by atoms with Gasteiger partial charge in [-0.1, -0.05) is 71.6 Å². The first kappa shape index (κ1) is 22.9. The van der Waals surface area contributed by atoms with Crippen LogP contribution in [0.1, 0.15) is 110 Å². The van der Waals surface area contributed by atoms with Crippen molar-refractivity contribution in [2.45, 2.75) is 116 Å². The fourth-order valence-electron chi connectivity index (χ4n) is 2.84. The van der Waals surface area contributed by atoms with Gasteiger partial charge >= 0.3 is 11.9 Å². The molecule has 0 heterocycles. The Morgan fingerprint density at radius 3 is 1.67 bits per heavy atom. The summed E-state index contributed by atoms with van der Waals surface area (Å²) in [6, 6.07) is 0. The molecule has 1 N–H and O–H groups in total. The van der Waals surface area contributed by atoms with E-state index in [2.05, 4.69) is 13.8 Å². The summed E-state index contributed by atoms with van der Waals surface area (Å²) in [7, 11) is 0. The highest BCUT2D eigenvalue weighted by Gasteiger charge is 2.15. The number of hydrogen-bond donors (Lipinski definition) is 1. The lowest BCUT2D eigenvalue weighted by Crippen LogP contribution is -2.19. The Bertz CT molecular complexity index is 315. The smallest absolute Gasteiger partial charge is 0.306 e. The predicted octanol–water partition coefficient (Wildman–Crippen LogP) is 5.87. The average Bonchev–Trinajstić information content (AvgIpc) is 2.55. The molecule has 4 nitrogen and oxygen atoms in total. The van der Waals surface area contributed by atoms with Gasteiger partial charge in [0, 0.05) is 0 Å². The molecule has 0 saturated heterocycles. The lowest BCUT2D eigenvalue weighted by Gasteiger charge is -2.18. The van der Waals surface area contributed by atoms with Gasteiger partial charge in [0.2, 0.25) is 0 Å². The summed E-state index contributed by atoms with van der Waals surface area (Å²) in [6.45, 7) is 4.41. The molecule has 0 rings (SSSR count). The first-order valence-corrected chi connectivity index (χ1v) is 10.0. The van der Waals surface area contributed by atoms with E-state index in [1.807, 2.05) is 0 Å². The summed E-state index contributed by atoms with van der Waals surface area (Å²) in [4.78, 5) is 22.3. The maximum absolute atomic E-state index is 11.8. The van der Waals surface area contributed by atoms with E-state index < -0.39 is 5.97 Å². The Balaban J connectivity index is 4.03. The minimum atomic E-state index is -0.945. The lowest BCUT2D eigenvalue weighted by molar-refractivity contribution is -0.152. The second-order valence-electron chi connectivity index (χ2n) is 6.76. The van der Waals surface area contributed by atoms with Crippen LogP contribution in [0.25, 0.3) is 0 Å². The Morgan fingerprint density at radius 2 is 1.21 bits per heavy atom. The standard InChI is InChI=1S/C20H38O4/c1-3-5-7-9-11-13-15-18(14-12-10-8-6-4-2)24-20(23)17-16-19(21)22/h18H,3-17H2,1-2H3,(H,21,22). The molecule has 0 aliphatic rings. The van der Waals surface area contributed by atoms with Crippen LogP contribution in [0.15, 0.2) is 0 Å². The molecule has 142 valence electrons. The van der Waals surface area contributed by atoms with E-state index in [0.717, 1.165) is 25.7 Å². The SMILES string of the molecule is CCCCCCCCC(CCCCCCC)OC(=O)CCC(=O)O. The lowest BCUT2D eigenvalue weighted by atomic mass is 10.0. The van der Waals surface area contributed by atoms with E-state index in [9.17, 15) is 9.59 Å². The Hall–Kier alpha value is -1.06.